The summed E-state index contributed by atoms with van der Waals surface area (Å²) >= 11 is 3.31. The van der Waals surface area contributed by atoms with Gasteiger partial charge in [0.2, 0.25) is 0 Å². The van der Waals surface area contributed by atoms with Crippen LogP contribution in [-0.2, 0) is 0 Å². The zero-order valence-corrected chi connectivity index (χ0v) is 11.4. The van der Waals surface area contributed by atoms with Gasteiger partial charge in [0.1, 0.15) is 5.82 Å². The Kier molecular flexibility index (Phi) is 3.34. The molecule has 1 aromatic carbocycles. The van der Waals surface area contributed by atoms with Crippen molar-refractivity contribution in [3.05, 3.63) is 51.6 Å². The third-order valence-electron chi connectivity index (χ3n) is 2.60. The number of ketones is 1. The van der Waals surface area contributed by atoms with Crippen LogP contribution in [0, 0.1) is 6.92 Å². The van der Waals surface area contributed by atoms with E-state index >= 15 is 0 Å². The van der Waals surface area contributed by atoms with Gasteiger partial charge in [-0.05, 0) is 36.8 Å². The van der Waals surface area contributed by atoms with Crippen molar-refractivity contribution in [2.75, 3.05) is 11.5 Å². The van der Waals surface area contributed by atoms with Crippen LogP contribution in [-0.4, -0.2) is 10.8 Å². The third kappa shape index (κ3) is 2.36. The summed E-state index contributed by atoms with van der Waals surface area (Å²) in [6.07, 6.45) is 1.58. The van der Waals surface area contributed by atoms with Crippen LogP contribution in [0.2, 0.25) is 0 Å². The molecular formula is C13H12BrN3O. The number of carbonyl (C=O) groups excluding carboxylic acids is 1. The molecule has 0 amide bonds. The van der Waals surface area contributed by atoms with E-state index in [4.69, 9.17) is 11.5 Å². The molecule has 18 heavy (non-hydrogen) atoms. The molecule has 92 valence electrons. The van der Waals surface area contributed by atoms with Crippen molar-refractivity contribution in [1.82, 2.24) is 4.98 Å². The van der Waals surface area contributed by atoms with Crippen LogP contribution in [0.25, 0.3) is 0 Å². The number of aryl methyl sites for hydroxylation is 1. The van der Waals surface area contributed by atoms with Crippen molar-refractivity contribution in [3.8, 4) is 0 Å². The normalized spacial score (nSPS) is 10.3. The summed E-state index contributed by atoms with van der Waals surface area (Å²) in [5.74, 6) is 0.0599. The molecule has 0 fully saturated rings. The van der Waals surface area contributed by atoms with Crippen LogP contribution >= 0.6 is 15.9 Å². The number of carbonyl (C=O) groups is 1. The van der Waals surface area contributed by atoms with E-state index < -0.39 is 0 Å². The van der Waals surface area contributed by atoms with Gasteiger partial charge in [-0.3, -0.25) is 4.79 Å². The van der Waals surface area contributed by atoms with Crippen LogP contribution in [0.4, 0.5) is 11.5 Å². The fourth-order valence-corrected chi connectivity index (χ4v) is 2.27. The lowest BCUT2D eigenvalue weighted by molar-refractivity contribution is 0.103. The maximum Gasteiger partial charge on any atom is 0.197 e. The van der Waals surface area contributed by atoms with E-state index in [1.807, 2.05) is 6.92 Å². The number of nitrogen functional groups attached to an aromatic ring is 2. The number of nitrogens with zero attached hydrogens (tertiary/aromatic N) is 1. The minimum Gasteiger partial charge on any atom is -0.399 e. The number of anilines is 2. The minimum absolute atomic E-state index is 0.175. The van der Waals surface area contributed by atoms with E-state index in [-0.39, 0.29) is 11.6 Å². The van der Waals surface area contributed by atoms with Crippen LogP contribution in [0.5, 0.6) is 0 Å². The quantitative estimate of drug-likeness (QED) is 0.660. The van der Waals surface area contributed by atoms with E-state index in [9.17, 15) is 4.79 Å². The maximum absolute atomic E-state index is 12.4. The summed E-state index contributed by atoms with van der Waals surface area (Å²) in [7, 11) is 0. The molecule has 0 bridgehead atoms. The molecule has 0 spiro atoms. The number of aromatic nitrogens is 1. The number of hydrogen-bond donors (Lipinski definition) is 2. The molecule has 1 aromatic heterocycles. The number of hydrogen-bond acceptors (Lipinski definition) is 4. The first-order chi connectivity index (χ1) is 8.49. The Morgan fingerprint density at radius 2 is 2.00 bits per heavy atom. The predicted molar refractivity (Wildman–Crippen MR) is 75.4 cm³/mol. The second-order valence-electron chi connectivity index (χ2n) is 3.99. The third-order valence-corrected chi connectivity index (χ3v) is 3.06. The van der Waals surface area contributed by atoms with Crippen molar-refractivity contribution < 1.29 is 4.79 Å². The monoisotopic (exact) mass is 305 g/mol. The molecule has 0 unspecified atom stereocenters. The van der Waals surface area contributed by atoms with Crippen molar-refractivity contribution >= 4 is 33.2 Å². The Labute approximate surface area is 113 Å². The first-order valence-electron chi connectivity index (χ1n) is 5.31. The molecule has 0 aliphatic rings. The largest absolute Gasteiger partial charge is 0.399 e. The lowest BCUT2D eigenvalue weighted by atomic mass is 10.00. The number of pyridine rings is 1. The lowest BCUT2D eigenvalue weighted by Crippen LogP contribution is -2.09. The topological polar surface area (TPSA) is 82.0 Å². The molecule has 0 atom stereocenters. The van der Waals surface area contributed by atoms with Gasteiger partial charge in [0.15, 0.2) is 5.78 Å². The molecule has 0 saturated carbocycles. The summed E-state index contributed by atoms with van der Waals surface area (Å²) in [5, 5.41) is 0. The second-order valence-corrected chi connectivity index (χ2v) is 4.91. The Morgan fingerprint density at radius 1 is 1.28 bits per heavy atom. The van der Waals surface area contributed by atoms with E-state index in [0.717, 1.165) is 10.0 Å². The van der Waals surface area contributed by atoms with E-state index in [2.05, 4.69) is 20.9 Å². The Balaban J connectivity index is 2.55. The molecule has 5 heteroatoms. The molecule has 0 saturated heterocycles. The van der Waals surface area contributed by atoms with Crippen molar-refractivity contribution in [1.29, 1.82) is 0 Å². The Morgan fingerprint density at radius 3 is 2.61 bits per heavy atom. The molecule has 4 nitrogen and oxygen atoms in total. The minimum atomic E-state index is -0.175. The molecule has 4 N–H and O–H groups in total. The van der Waals surface area contributed by atoms with Crippen molar-refractivity contribution in [2.45, 2.75) is 6.92 Å². The molecule has 0 aliphatic carbocycles. The molecule has 1 heterocycles. The number of halogens is 1. The lowest BCUT2D eigenvalue weighted by Gasteiger charge is -2.08. The van der Waals surface area contributed by atoms with Gasteiger partial charge < -0.3 is 11.5 Å². The standard InChI is InChI=1S/C13H12BrN3O/c1-7-2-3-17-13(16)11(7)12(18)8-4-9(14)6-10(15)5-8/h2-6H,15H2,1H3,(H2,16,17). The summed E-state index contributed by atoms with van der Waals surface area (Å²) < 4.78 is 0.756. The number of nitrogens with two attached hydrogens (primary N) is 2. The fourth-order valence-electron chi connectivity index (χ4n) is 1.76. The summed E-state index contributed by atoms with van der Waals surface area (Å²) in [4.78, 5) is 16.3. The zero-order valence-electron chi connectivity index (χ0n) is 9.77. The highest BCUT2D eigenvalue weighted by Gasteiger charge is 2.16. The van der Waals surface area contributed by atoms with Gasteiger partial charge in [-0.15, -0.1) is 0 Å². The van der Waals surface area contributed by atoms with Gasteiger partial charge in [-0.1, -0.05) is 15.9 Å². The fraction of sp³-hybridized carbons (Fsp3) is 0.0769. The maximum atomic E-state index is 12.4. The molecule has 2 aromatic rings. The van der Waals surface area contributed by atoms with E-state index in [0.29, 0.717) is 16.8 Å². The van der Waals surface area contributed by atoms with Gasteiger partial charge in [0.05, 0.1) is 5.56 Å². The van der Waals surface area contributed by atoms with Crippen molar-refractivity contribution in [3.63, 3.8) is 0 Å². The molecule has 0 radical (unpaired) electrons. The summed E-state index contributed by atoms with van der Waals surface area (Å²) in [6.45, 7) is 1.83. The zero-order chi connectivity index (χ0) is 13.3. The first-order valence-corrected chi connectivity index (χ1v) is 6.10. The van der Waals surface area contributed by atoms with Crippen LogP contribution in [0.15, 0.2) is 34.9 Å². The smallest absolute Gasteiger partial charge is 0.197 e. The predicted octanol–water partition coefficient (Wildman–Crippen LogP) is 2.55. The van der Waals surface area contributed by atoms with E-state index in [1.54, 1.807) is 30.5 Å². The van der Waals surface area contributed by atoms with Gasteiger partial charge in [0, 0.05) is 21.9 Å². The molecule has 0 aliphatic heterocycles. The van der Waals surface area contributed by atoms with Gasteiger partial charge in [-0.2, -0.15) is 0 Å². The summed E-state index contributed by atoms with van der Waals surface area (Å²) in [5.41, 5.74) is 13.7. The van der Waals surface area contributed by atoms with E-state index in [1.165, 1.54) is 0 Å². The van der Waals surface area contributed by atoms with Crippen molar-refractivity contribution in [2.24, 2.45) is 0 Å². The highest BCUT2D eigenvalue weighted by molar-refractivity contribution is 9.10. The molecule has 2 rings (SSSR count). The average Bonchev–Trinajstić information content (AvgIpc) is 2.27. The highest BCUT2D eigenvalue weighted by atomic mass is 79.9. The first kappa shape index (κ1) is 12.6. The van der Waals surface area contributed by atoms with Gasteiger partial charge >= 0.3 is 0 Å². The summed E-state index contributed by atoms with van der Waals surface area (Å²) in [6, 6.07) is 6.82. The average molecular weight is 306 g/mol. The van der Waals surface area contributed by atoms with Gasteiger partial charge in [0.25, 0.3) is 0 Å². The van der Waals surface area contributed by atoms with Gasteiger partial charge in [-0.25, -0.2) is 4.98 Å². The van der Waals surface area contributed by atoms with Crippen LogP contribution in [0.1, 0.15) is 21.5 Å². The second kappa shape index (κ2) is 4.78. The SMILES string of the molecule is Cc1ccnc(N)c1C(=O)c1cc(N)cc(Br)c1. The highest BCUT2D eigenvalue weighted by Crippen LogP contribution is 2.23. The van der Waals surface area contributed by atoms with Crippen LogP contribution < -0.4 is 11.5 Å². The Bertz CT molecular complexity index is 585. The number of rotatable bonds is 2. The Hall–Kier alpha value is -1.88. The number of benzene rings is 1. The molecular weight excluding hydrogens is 294 g/mol. The van der Waals surface area contributed by atoms with Crippen LogP contribution in [0.3, 0.4) is 0 Å².